The summed E-state index contributed by atoms with van der Waals surface area (Å²) in [5, 5.41) is 20.4. The quantitative estimate of drug-likeness (QED) is 0.211. The Labute approximate surface area is 219 Å². The highest BCUT2D eigenvalue weighted by atomic mass is 35.5. The molecule has 15 heteroatoms. The van der Waals surface area contributed by atoms with Crippen molar-refractivity contribution in [3.63, 3.8) is 0 Å². The molecule has 2 aromatic carbocycles. The van der Waals surface area contributed by atoms with Crippen LogP contribution in [0.3, 0.4) is 0 Å². The van der Waals surface area contributed by atoms with Gasteiger partial charge in [0.15, 0.2) is 16.6 Å². The second-order valence-electron chi connectivity index (χ2n) is 7.92. The van der Waals surface area contributed by atoms with Crippen LogP contribution in [0.4, 0.5) is 26.3 Å². The van der Waals surface area contributed by atoms with E-state index in [4.69, 9.17) is 27.7 Å². The van der Waals surface area contributed by atoms with Gasteiger partial charge < -0.3 is 9.63 Å². The Balaban J connectivity index is 1.77. The number of benzene rings is 2. The van der Waals surface area contributed by atoms with E-state index >= 15 is 0 Å². The highest BCUT2D eigenvalue weighted by Gasteiger charge is 2.37. The van der Waals surface area contributed by atoms with E-state index in [1.165, 1.54) is 12.1 Å². The number of alkyl halides is 6. The largest absolute Gasteiger partial charge is 0.416 e. The minimum absolute atomic E-state index is 0.00167. The summed E-state index contributed by atoms with van der Waals surface area (Å²) in [7, 11) is 0. The molecule has 0 unspecified atom stereocenters. The van der Waals surface area contributed by atoms with Crippen LogP contribution in [0.15, 0.2) is 47.0 Å². The van der Waals surface area contributed by atoms with Crippen LogP contribution in [-0.4, -0.2) is 37.6 Å². The third kappa shape index (κ3) is 5.54. The van der Waals surface area contributed by atoms with Gasteiger partial charge in [0, 0.05) is 18.6 Å². The summed E-state index contributed by atoms with van der Waals surface area (Å²) in [5.41, 5.74) is -3.68. The number of ketones is 1. The van der Waals surface area contributed by atoms with Crippen LogP contribution in [0.25, 0.3) is 11.5 Å². The molecule has 0 amide bonds. The normalized spacial score (nSPS) is 12.2. The number of halogens is 8. The van der Waals surface area contributed by atoms with Gasteiger partial charge in [0.1, 0.15) is 0 Å². The van der Waals surface area contributed by atoms with Crippen molar-refractivity contribution in [3.8, 4) is 11.5 Å². The van der Waals surface area contributed by atoms with Crippen LogP contribution < -0.4 is 0 Å². The summed E-state index contributed by atoms with van der Waals surface area (Å²) in [4.78, 5) is 13.3. The Hall–Kier alpha value is -3.42. The van der Waals surface area contributed by atoms with Crippen LogP contribution in [0.2, 0.25) is 10.2 Å². The summed E-state index contributed by atoms with van der Waals surface area (Å²) in [6.07, 6.45) is -10.2. The van der Waals surface area contributed by atoms with Crippen LogP contribution in [0, 0.1) is 0 Å². The summed E-state index contributed by atoms with van der Waals surface area (Å²) >= 11 is 12.5. The summed E-state index contributed by atoms with van der Waals surface area (Å²) in [5.74, 6) is -0.914. The van der Waals surface area contributed by atoms with Gasteiger partial charge >= 0.3 is 12.4 Å². The highest BCUT2D eigenvalue weighted by molar-refractivity contribution is 6.35. The molecule has 0 fully saturated rings. The first kappa shape index (κ1) is 27.6. The molecule has 2 heterocycles. The molecule has 0 saturated carbocycles. The first-order chi connectivity index (χ1) is 17.8. The fraction of sp³-hybridized carbons (Fsp3) is 0.217. The molecular formula is C23H14Cl2F6N4O3. The minimum Gasteiger partial charge on any atom is -0.396 e. The number of aliphatic hydroxyl groups is 1. The van der Waals surface area contributed by atoms with E-state index in [9.17, 15) is 36.2 Å². The van der Waals surface area contributed by atoms with Gasteiger partial charge in [0.25, 0.3) is 0 Å². The van der Waals surface area contributed by atoms with Crippen molar-refractivity contribution in [1.29, 1.82) is 0 Å². The molecule has 4 rings (SSSR count). The lowest BCUT2D eigenvalue weighted by Crippen LogP contribution is -2.13. The molecule has 200 valence electrons. The zero-order valence-electron chi connectivity index (χ0n) is 18.7. The first-order valence-corrected chi connectivity index (χ1v) is 11.3. The molecule has 4 aromatic rings. The van der Waals surface area contributed by atoms with Crippen LogP contribution >= 0.6 is 23.2 Å². The number of aliphatic hydroxyl groups excluding tert-OH is 1. The topological polar surface area (TPSA) is 94.0 Å². The average Bonchev–Trinajstić information content (AvgIpc) is 3.41. The Kier molecular flexibility index (Phi) is 7.55. The maximum atomic E-state index is 13.3. The number of carbonyl (C=O) groups is 1. The van der Waals surface area contributed by atoms with E-state index in [-0.39, 0.29) is 50.9 Å². The zero-order valence-corrected chi connectivity index (χ0v) is 20.3. The monoisotopic (exact) mass is 578 g/mol. The number of hydrogen-bond acceptors (Lipinski definition) is 6. The van der Waals surface area contributed by atoms with Gasteiger partial charge in [-0.25, -0.2) is 4.68 Å². The highest BCUT2D eigenvalue weighted by Crippen LogP contribution is 2.37. The van der Waals surface area contributed by atoms with Crippen molar-refractivity contribution in [2.75, 3.05) is 6.61 Å². The van der Waals surface area contributed by atoms with E-state index in [0.29, 0.717) is 12.1 Å². The summed E-state index contributed by atoms with van der Waals surface area (Å²) in [6.45, 7) is -1.02. The minimum atomic E-state index is -5.04. The van der Waals surface area contributed by atoms with Crippen LogP contribution in [0.5, 0.6) is 0 Å². The maximum absolute atomic E-state index is 13.3. The van der Waals surface area contributed by atoms with E-state index in [2.05, 4.69) is 15.5 Å². The molecule has 0 saturated heterocycles. The first-order valence-electron chi connectivity index (χ1n) is 10.6. The van der Waals surface area contributed by atoms with Crippen LogP contribution in [0.1, 0.15) is 38.3 Å². The molecule has 0 radical (unpaired) electrons. The molecular weight excluding hydrogens is 565 g/mol. The number of hydrogen-bond donors (Lipinski definition) is 1. The summed E-state index contributed by atoms with van der Waals surface area (Å²) in [6, 6.07) is 7.14. The molecule has 7 nitrogen and oxygen atoms in total. The third-order valence-corrected chi connectivity index (χ3v) is 6.03. The molecule has 38 heavy (non-hydrogen) atoms. The second kappa shape index (κ2) is 10.4. The number of aromatic nitrogens is 4. The van der Waals surface area contributed by atoms with Crippen molar-refractivity contribution in [2.45, 2.75) is 25.3 Å². The number of nitrogens with zero attached hydrogens (tertiary/aromatic N) is 4. The predicted octanol–water partition coefficient (Wildman–Crippen LogP) is 6.09. The molecule has 0 atom stereocenters. The van der Waals surface area contributed by atoms with Gasteiger partial charge in [0.2, 0.25) is 5.76 Å². The van der Waals surface area contributed by atoms with E-state index in [1.54, 1.807) is 12.1 Å². The molecule has 0 aliphatic carbocycles. The van der Waals surface area contributed by atoms with Crippen molar-refractivity contribution in [2.24, 2.45) is 0 Å². The van der Waals surface area contributed by atoms with Gasteiger partial charge in [-0.1, -0.05) is 45.7 Å². The van der Waals surface area contributed by atoms with Crippen molar-refractivity contribution >= 4 is 29.0 Å². The van der Waals surface area contributed by atoms with Crippen molar-refractivity contribution in [3.05, 3.63) is 86.2 Å². The SMILES string of the molecule is O=C(c1ccccc1Cl)c1c(CCO)noc1-c1nnn(Cc2cc(C(F)(F)F)cc(C(F)(F)F)c2)c1Cl. The zero-order chi connectivity index (χ0) is 27.8. The average molecular weight is 579 g/mol. The Morgan fingerprint density at radius 2 is 1.63 bits per heavy atom. The molecule has 0 aliphatic rings. The Bertz CT molecular complexity index is 1470. The molecule has 2 aromatic heterocycles. The number of rotatable bonds is 7. The van der Waals surface area contributed by atoms with Gasteiger partial charge in [-0.05, 0) is 35.9 Å². The van der Waals surface area contributed by atoms with Crippen molar-refractivity contribution in [1.82, 2.24) is 20.2 Å². The lowest BCUT2D eigenvalue weighted by molar-refractivity contribution is -0.143. The van der Waals surface area contributed by atoms with E-state index in [1.807, 2.05) is 0 Å². The third-order valence-electron chi connectivity index (χ3n) is 5.33. The van der Waals surface area contributed by atoms with E-state index < -0.39 is 48.0 Å². The standard InChI is InChI=1S/C23H14Cl2F6N4O3/c24-15-4-2-1-3-14(15)19(37)17-16(5-6-36)33-38-20(17)18-21(25)35(34-32-18)10-11-7-12(22(26,27)28)9-13(8-11)23(29,30)31/h1-4,7-9,36H,5-6,10H2. The molecule has 0 spiro atoms. The number of carbonyl (C=O) groups excluding carboxylic acids is 1. The lowest BCUT2D eigenvalue weighted by Gasteiger charge is -2.14. The van der Waals surface area contributed by atoms with Gasteiger partial charge in [-0.3, -0.25) is 4.79 Å². The maximum Gasteiger partial charge on any atom is 0.416 e. The fourth-order valence-electron chi connectivity index (χ4n) is 3.60. The fourth-order valence-corrected chi connectivity index (χ4v) is 4.04. The van der Waals surface area contributed by atoms with E-state index in [0.717, 1.165) is 4.68 Å². The Morgan fingerprint density at radius 3 is 2.21 bits per heavy atom. The molecule has 1 N–H and O–H groups in total. The molecule has 0 aliphatic heterocycles. The van der Waals surface area contributed by atoms with Crippen molar-refractivity contribution < 1.29 is 40.8 Å². The predicted molar refractivity (Wildman–Crippen MR) is 122 cm³/mol. The Morgan fingerprint density at radius 1 is 1.00 bits per heavy atom. The van der Waals surface area contributed by atoms with Gasteiger partial charge in [0.05, 0.1) is 34.0 Å². The molecule has 0 bridgehead atoms. The lowest BCUT2D eigenvalue weighted by atomic mass is 9.99. The second-order valence-corrected chi connectivity index (χ2v) is 8.68. The van der Waals surface area contributed by atoms with Gasteiger partial charge in [-0.2, -0.15) is 26.3 Å². The van der Waals surface area contributed by atoms with Crippen LogP contribution in [-0.2, 0) is 25.3 Å². The van der Waals surface area contributed by atoms with Gasteiger partial charge in [-0.15, -0.1) is 5.10 Å². The smallest absolute Gasteiger partial charge is 0.396 e. The summed E-state index contributed by atoms with van der Waals surface area (Å²) < 4.78 is 85.5.